The van der Waals surface area contributed by atoms with Gasteiger partial charge in [-0.05, 0) is 59.2 Å². The van der Waals surface area contributed by atoms with E-state index in [-0.39, 0.29) is 6.54 Å². The Balaban J connectivity index is 1.44. The number of aromatic nitrogens is 6. The van der Waals surface area contributed by atoms with E-state index in [0.29, 0.717) is 22.3 Å². The average Bonchev–Trinajstić information content (AvgIpc) is 3.51. The van der Waals surface area contributed by atoms with E-state index in [1.54, 1.807) is 18.5 Å². The summed E-state index contributed by atoms with van der Waals surface area (Å²) in [6, 6.07) is 16.0. The first kappa shape index (κ1) is 23.0. The maximum atomic E-state index is 14.5. The third-order valence-corrected chi connectivity index (χ3v) is 6.66. The van der Waals surface area contributed by atoms with Gasteiger partial charge in [-0.2, -0.15) is 5.10 Å². The summed E-state index contributed by atoms with van der Waals surface area (Å²) < 4.78 is 39.9. The molecule has 184 valence electrons. The molecule has 0 atom stereocenters. The Kier molecular flexibility index (Phi) is 5.50. The quantitative estimate of drug-likeness (QED) is 0.302. The predicted molar refractivity (Wildman–Crippen MR) is 139 cm³/mol. The van der Waals surface area contributed by atoms with Gasteiger partial charge in [-0.25, -0.2) is 32.5 Å². The van der Waals surface area contributed by atoms with Crippen molar-refractivity contribution in [2.24, 2.45) is 0 Å². The van der Waals surface area contributed by atoms with E-state index in [1.165, 1.54) is 18.5 Å². The van der Waals surface area contributed by atoms with Gasteiger partial charge in [-0.1, -0.05) is 12.1 Å². The fraction of sp³-hybridized carbons (Fsp3) is 0.0769. The maximum absolute atomic E-state index is 14.5. The van der Waals surface area contributed by atoms with Crippen LogP contribution in [-0.4, -0.2) is 44.8 Å². The summed E-state index contributed by atoms with van der Waals surface area (Å²) in [5, 5.41) is 8.40. The summed E-state index contributed by atoms with van der Waals surface area (Å²) in [4.78, 5) is 16.3. The molecule has 6 rings (SSSR count). The number of nitrogens with one attached hydrogen (secondary N) is 3. The molecular formula is C26H20FN7O2S. The first-order valence-electron chi connectivity index (χ1n) is 11.3. The molecule has 9 nitrogen and oxygen atoms in total. The molecule has 0 aliphatic heterocycles. The molecule has 0 fully saturated rings. The minimum atomic E-state index is -3.41. The van der Waals surface area contributed by atoms with Crippen LogP contribution < -0.4 is 4.72 Å². The fourth-order valence-corrected chi connectivity index (χ4v) is 4.76. The number of hydrogen-bond acceptors (Lipinski definition) is 6. The number of pyridine rings is 1. The summed E-state index contributed by atoms with van der Waals surface area (Å²) in [5.41, 5.74) is 7.19. The number of hydrogen-bond donors (Lipinski definition) is 3. The average molecular weight is 514 g/mol. The molecular weight excluding hydrogens is 493 g/mol. The Labute approximate surface area is 210 Å². The van der Waals surface area contributed by atoms with E-state index in [1.807, 2.05) is 36.4 Å². The molecule has 4 heterocycles. The lowest BCUT2D eigenvalue weighted by atomic mass is 9.99. The Hall–Kier alpha value is -4.48. The summed E-state index contributed by atoms with van der Waals surface area (Å²) in [6.45, 7) is -0.00231. The number of aromatic amines is 2. The van der Waals surface area contributed by atoms with Crippen molar-refractivity contribution in [2.75, 3.05) is 6.26 Å². The normalized spacial score (nSPS) is 11.9. The number of halogens is 1. The first-order chi connectivity index (χ1) is 17.8. The van der Waals surface area contributed by atoms with Crippen LogP contribution in [-0.2, 0) is 16.6 Å². The van der Waals surface area contributed by atoms with Crippen LogP contribution in [0.5, 0.6) is 0 Å². The molecule has 0 amide bonds. The zero-order chi connectivity index (χ0) is 25.6. The topological polar surface area (TPSA) is 129 Å². The van der Waals surface area contributed by atoms with E-state index >= 15 is 0 Å². The summed E-state index contributed by atoms with van der Waals surface area (Å²) in [7, 11) is -3.41. The Morgan fingerprint density at radius 2 is 1.81 bits per heavy atom. The van der Waals surface area contributed by atoms with Crippen LogP contribution in [0.4, 0.5) is 4.39 Å². The SMILES string of the molecule is CS(=O)(=O)NCc1cc(F)cc(-c2cccc3[nH]c(-c4n[nH]c5ccc(-c6cncnc6)nc45)cc23)c1. The number of nitrogens with zero attached hydrogens (tertiary/aromatic N) is 4. The molecule has 0 spiro atoms. The molecule has 0 aliphatic carbocycles. The van der Waals surface area contributed by atoms with Gasteiger partial charge in [0.1, 0.15) is 23.4 Å². The van der Waals surface area contributed by atoms with Crippen molar-refractivity contribution >= 4 is 32.0 Å². The van der Waals surface area contributed by atoms with Crippen molar-refractivity contribution in [1.29, 1.82) is 0 Å². The Bertz CT molecular complexity index is 1880. The molecule has 6 aromatic rings. The third-order valence-electron chi connectivity index (χ3n) is 5.99. The highest BCUT2D eigenvalue weighted by Crippen LogP contribution is 2.34. The number of H-pyrrole nitrogens is 2. The van der Waals surface area contributed by atoms with Crippen LogP contribution in [0.25, 0.3) is 55.7 Å². The molecule has 4 aromatic heterocycles. The molecule has 0 aliphatic rings. The summed E-state index contributed by atoms with van der Waals surface area (Å²) >= 11 is 0. The molecule has 3 N–H and O–H groups in total. The van der Waals surface area contributed by atoms with Crippen LogP contribution in [0.2, 0.25) is 0 Å². The highest BCUT2D eigenvalue weighted by Gasteiger charge is 2.16. The van der Waals surface area contributed by atoms with E-state index in [0.717, 1.165) is 45.2 Å². The van der Waals surface area contributed by atoms with Crippen molar-refractivity contribution in [3.8, 4) is 33.8 Å². The molecule has 2 aromatic carbocycles. The highest BCUT2D eigenvalue weighted by molar-refractivity contribution is 7.88. The van der Waals surface area contributed by atoms with Crippen molar-refractivity contribution < 1.29 is 12.8 Å². The van der Waals surface area contributed by atoms with Crippen LogP contribution in [0, 0.1) is 5.82 Å². The van der Waals surface area contributed by atoms with Gasteiger partial charge in [-0.15, -0.1) is 0 Å². The lowest BCUT2D eigenvalue weighted by Gasteiger charge is -2.08. The molecule has 0 saturated heterocycles. The zero-order valence-electron chi connectivity index (χ0n) is 19.5. The van der Waals surface area contributed by atoms with Crippen molar-refractivity contribution in [3.05, 3.63) is 84.7 Å². The van der Waals surface area contributed by atoms with E-state index in [4.69, 9.17) is 4.98 Å². The minimum absolute atomic E-state index is 0.00231. The maximum Gasteiger partial charge on any atom is 0.209 e. The largest absolute Gasteiger partial charge is 0.353 e. The molecule has 0 radical (unpaired) electrons. The minimum Gasteiger partial charge on any atom is -0.353 e. The number of rotatable bonds is 6. The molecule has 37 heavy (non-hydrogen) atoms. The highest BCUT2D eigenvalue weighted by atomic mass is 32.2. The third kappa shape index (κ3) is 4.57. The Morgan fingerprint density at radius 3 is 2.62 bits per heavy atom. The summed E-state index contributed by atoms with van der Waals surface area (Å²) in [5.74, 6) is -0.449. The van der Waals surface area contributed by atoms with Gasteiger partial charge < -0.3 is 4.98 Å². The van der Waals surface area contributed by atoms with Crippen LogP contribution >= 0.6 is 0 Å². The second kappa shape index (κ2) is 8.87. The zero-order valence-corrected chi connectivity index (χ0v) is 20.3. The van der Waals surface area contributed by atoms with Gasteiger partial charge in [0.2, 0.25) is 10.0 Å². The van der Waals surface area contributed by atoms with Gasteiger partial charge >= 0.3 is 0 Å². The number of benzene rings is 2. The van der Waals surface area contributed by atoms with Crippen molar-refractivity contribution in [2.45, 2.75) is 6.54 Å². The van der Waals surface area contributed by atoms with Gasteiger partial charge in [0.05, 0.1) is 23.2 Å². The molecule has 0 unspecified atom stereocenters. The first-order valence-corrected chi connectivity index (χ1v) is 13.2. The van der Waals surface area contributed by atoms with Crippen molar-refractivity contribution in [3.63, 3.8) is 0 Å². The standard InChI is InChI=1S/C26H20FN7O2S/c1-37(35,36)30-11-15-7-16(9-18(27)8-15)19-3-2-4-22-20(19)10-24(31-22)26-25-23(33-34-26)6-5-21(32-25)17-12-28-14-29-13-17/h2-10,12-14,30-31H,11H2,1H3,(H,33,34). The lowest BCUT2D eigenvalue weighted by molar-refractivity contribution is 0.586. The smallest absolute Gasteiger partial charge is 0.209 e. The lowest BCUT2D eigenvalue weighted by Crippen LogP contribution is -2.21. The van der Waals surface area contributed by atoms with Crippen LogP contribution in [0.3, 0.4) is 0 Å². The molecule has 0 saturated carbocycles. The monoisotopic (exact) mass is 513 g/mol. The molecule has 0 bridgehead atoms. The number of sulfonamides is 1. The van der Waals surface area contributed by atoms with Gasteiger partial charge in [-0.3, -0.25) is 5.10 Å². The molecule has 11 heteroatoms. The van der Waals surface area contributed by atoms with Crippen LogP contribution in [0.1, 0.15) is 5.56 Å². The predicted octanol–water partition coefficient (Wildman–Crippen LogP) is 4.42. The summed E-state index contributed by atoms with van der Waals surface area (Å²) in [6.07, 6.45) is 5.94. The van der Waals surface area contributed by atoms with Gasteiger partial charge in [0.15, 0.2) is 0 Å². The van der Waals surface area contributed by atoms with E-state index in [9.17, 15) is 12.8 Å². The van der Waals surface area contributed by atoms with E-state index in [2.05, 4.69) is 29.9 Å². The van der Waals surface area contributed by atoms with Gasteiger partial charge in [0.25, 0.3) is 0 Å². The second-order valence-corrected chi connectivity index (χ2v) is 10.5. The van der Waals surface area contributed by atoms with Crippen LogP contribution in [0.15, 0.2) is 73.3 Å². The Morgan fingerprint density at radius 1 is 0.973 bits per heavy atom. The van der Waals surface area contributed by atoms with Crippen molar-refractivity contribution in [1.82, 2.24) is 34.9 Å². The number of fused-ring (bicyclic) bond motifs is 2. The second-order valence-electron chi connectivity index (χ2n) is 8.68. The fourth-order valence-electron chi connectivity index (χ4n) is 4.34. The van der Waals surface area contributed by atoms with Gasteiger partial charge in [0, 0.05) is 35.4 Å². The van der Waals surface area contributed by atoms with E-state index < -0.39 is 15.8 Å².